The van der Waals surface area contributed by atoms with E-state index in [-0.39, 0.29) is 5.41 Å². The van der Waals surface area contributed by atoms with E-state index < -0.39 is 0 Å². The van der Waals surface area contributed by atoms with Crippen LogP contribution in [-0.4, -0.2) is 4.98 Å². The summed E-state index contributed by atoms with van der Waals surface area (Å²) in [5.41, 5.74) is 14.8. The van der Waals surface area contributed by atoms with E-state index in [1.165, 1.54) is 98.7 Å². The largest absolute Gasteiger partial charge is 0.256 e. The molecule has 0 amide bonds. The van der Waals surface area contributed by atoms with Crippen LogP contribution in [-0.2, 0) is 5.41 Å². The molecule has 0 aliphatic heterocycles. The molecule has 1 nitrogen and oxygen atoms in total. The average molecular weight is 700 g/mol. The summed E-state index contributed by atoms with van der Waals surface area (Å²) in [6.45, 7) is 4.74. The molecule has 1 aromatic heterocycles. The zero-order valence-electron chi connectivity index (χ0n) is 30.8. The minimum Gasteiger partial charge on any atom is -0.256 e. The number of hydrogen-bond acceptors (Lipinski definition) is 1. The van der Waals surface area contributed by atoms with Gasteiger partial charge in [0.25, 0.3) is 0 Å². The van der Waals surface area contributed by atoms with Gasteiger partial charge in [-0.15, -0.1) is 0 Å². The molecule has 0 N–H and O–H groups in total. The van der Waals surface area contributed by atoms with Crippen molar-refractivity contribution in [1.82, 2.24) is 4.98 Å². The first kappa shape index (κ1) is 31.7. The van der Waals surface area contributed by atoms with Crippen molar-refractivity contribution < 1.29 is 0 Å². The van der Waals surface area contributed by atoms with Crippen LogP contribution in [0.2, 0.25) is 0 Å². The van der Waals surface area contributed by atoms with Gasteiger partial charge in [-0.1, -0.05) is 159 Å². The second-order valence-electron chi connectivity index (χ2n) is 15.6. The summed E-state index contributed by atoms with van der Waals surface area (Å²) < 4.78 is 0. The lowest BCUT2D eigenvalue weighted by Crippen LogP contribution is -2.15. The molecule has 0 unspecified atom stereocenters. The molecule has 0 atom stereocenters. The Hall–Kier alpha value is -6.83. The number of nitrogens with zero attached hydrogens (tertiary/aromatic N) is 1. The minimum absolute atomic E-state index is 0.150. The van der Waals surface area contributed by atoms with E-state index in [0.29, 0.717) is 0 Å². The molecule has 10 aromatic rings. The molecule has 1 aliphatic carbocycles. The lowest BCUT2D eigenvalue weighted by molar-refractivity contribution is 0.660. The first-order valence-electron chi connectivity index (χ1n) is 19.2. The summed E-state index contributed by atoms with van der Waals surface area (Å²) in [5.74, 6) is 0. The van der Waals surface area contributed by atoms with Gasteiger partial charge in [0.1, 0.15) is 0 Å². The van der Waals surface area contributed by atoms with E-state index in [1.807, 2.05) is 6.20 Å². The van der Waals surface area contributed by atoms with E-state index in [2.05, 4.69) is 196 Å². The third kappa shape index (κ3) is 5.04. The molecule has 0 spiro atoms. The lowest BCUT2D eigenvalue weighted by Gasteiger charge is -2.22. The summed E-state index contributed by atoms with van der Waals surface area (Å²) in [5, 5.41) is 9.93. The van der Waals surface area contributed by atoms with Crippen LogP contribution in [0.4, 0.5) is 0 Å². The molecule has 0 saturated heterocycles. The zero-order valence-corrected chi connectivity index (χ0v) is 30.8. The molecular formula is C54H37N. The van der Waals surface area contributed by atoms with Crippen molar-refractivity contribution in [3.63, 3.8) is 0 Å². The molecule has 11 rings (SSSR count). The highest BCUT2D eigenvalue weighted by Gasteiger charge is 2.36. The quantitative estimate of drug-likeness (QED) is 0.178. The third-order valence-electron chi connectivity index (χ3n) is 12.1. The van der Waals surface area contributed by atoms with Crippen molar-refractivity contribution >= 4 is 43.1 Å². The summed E-state index contributed by atoms with van der Waals surface area (Å²) in [7, 11) is 0. The van der Waals surface area contributed by atoms with Gasteiger partial charge in [-0.2, -0.15) is 0 Å². The van der Waals surface area contributed by atoms with Crippen LogP contribution < -0.4 is 0 Å². The fourth-order valence-electron chi connectivity index (χ4n) is 9.17. The van der Waals surface area contributed by atoms with Crippen molar-refractivity contribution in [2.75, 3.05) is 0 Å². The van der Waals surface area contributed by atoms with Gasteiger partial charge < -0.3 is 0 Å². The van der Waals surface area contributed by atoms with E-state index >= 15 is 0 Å². The maximum absolute atomic E-state index is 4.87. The van der Waals surface area contributed by atoms with Crippen LogP contribution in [0.3, 0.4) is 0 Å². The molecule has 9 aromatic carbocycles. The number of fused-ring (bicyclic) bond motifs is 7. The van der Waals surface area contributed by atoms with Gasteiger partial charge in [0.05, 0.1) is 5.69 Å². The first-order valence-corrected chi connectivity index (χ1v) is 19.2. The Labute approximate surface area is 321 Å². The van der Waals surface area contributed by atoms with Crippen LogP contribution >= 0.6 is 0 Å². The van der Waals surface area contributed by atoms with Crippen LogP contribution in [0.25, 0.3) is 98.9 Å². The maximum atomic E-state index is 4.87. The van der Waals surface area contributed by atoms with Crippen molar-refractivity contribution in [3.05, 3.63) is 199 Å². The normalized spacial score (nSPS) is 13.1. The molecule has 0 bridgehead atoms. The molecule has 0 saturated carbocycles. The Kier molecular flexibility index (Phi) is 6.97. The number of benzene rings is 9. The highest BCUT2D eigenvalue weighted by atomic mass is 14.7. The second kappa shape index (κ2) is 12.1. The van der Waals surface area contributed by atoms with Gasteiger partial charge in [0.2, 0.25) is 0 Å². The Morgan fingerprint density at radius 3 is 1.67 bits per heavy atom. The van der Waals surface area contributed by atoms with Crippen LogP contribution in [0.5, 0.6) is 0 Å². The standard InChI is InChI=1S/C54H37N/c1-54(2)51-26-21-43(53-46-14-8-7-11-36(46)27-28-55-53)32-50(51)48-23-20-42(33-52(48)54)45-25-24-44(41-18-16-35-10-4-6-13-38(35)30-41)47-22-19-40(31-49(45)47)39-17-15-34-9-3-5-12-37(34)29-39/h3-33H,1-2H3. The minimum atomic E-state index is -0.150. The average Bonchev–Trinajstić information content (AvgIpc) is 3.47. The van der Waals surface area contributed by atoms with E-state index in [0.717, 1.165) is 11.3 Å². The third-order valence-corrected chi connectivity index (χ3v) is 12.1. The topological polar surface area (TPSA) is 12.9 Å². The predicted octanol–water partition coefficient (Wildman–Crippen LogP) is 14.7. The monoisotopic (exact) mass is 699 g/mol. The summed E-state index contributed by atoms with van der Waals surface area (Å²) in [6, 6.07) is 67.3. The van der Waals surface area contributed by atoms with E-state index in [9.17, 15) is 0 Å². The van der Waals surface area contributed by atoms with Gasteiger partial charge in [-0.25, -0.2) is 0 Å². The Bertz CT molecular complexity index is 3180. The Balaban J connectivity index is 1.08. The summed E-state index contributed by atoms with van der Waals surface area (Å²) >= 11 is 0. The van der Waals surface area contributed by atoms with Crippen molar-refractivity contribution in [3.8, 4) is 55.8 Å². The van der Waals surface area contributed by atoms with E-state index in [4.69, 9.17) is 4.98 Å². The second-order valence-corrected chi connectivity index (χ2v) is 15.6. The molecule has 1 aliphatic rings. The molecule has 1 heteroatoms. The van der Waals surface area contributed by atoms with Crippen LogP contribution in [0, 0.1) is 0 Å². The van der Waals surface area contributed by atoms with Crippen LogP contribution in [0.1, 0.15) is 25.0 Å². The smallest absolute Gasteiger partial charge is 0.0780 e. The molecular weight excluding hydrogens is 663 g/mol. The molecule has 258 valence electrons. The maximum Gasteiger partial charge on any atom is 0.0780 e. The van der Waals surface area contributed by atoms with Crippen molar-refractivity contribution in [2.45, 2.75) is 19.3 Å². The predicted molar refractivity (Wildman–Crippen MR) is 234 cm³/mol. The number of aromatic nitrogens is 1. The zero-order chi connectivity index (χ0) is 36.7. The van der Waals surface area contributed by atoms with E-state index in [1.54, 1.807) is 0 Å². The van der Waals surface area contributed by atoms with Crippen molar-refractivity contribution in [2.24, 2.45) is 0 Å². The SMILES string of the molecule is CC1(C)c2ccc(-c3nccc4ccccc34)cc2-c2ccc(-c3ccc(-c4ccc5ccccc5c4)c4ccc(-c5ccc6ccccc6c5)cc34)cc21. The Morgan fingerprint density at radius 1 is 0.327 bits per heavy atom. The van der Waals surface area contributed by atoms with Crippen molar-refractivity contribution in [1.29, 1.82) is 0 Å². The first-order chi connectivity index (χ1) is 27.0. The molecule has 1 heterocycles. The van der Waals surface area contributed by atoms with Gasteiger partial charge in [-0.3, -0.25) is 4.98 Å². The van der Waals surface area contributed by atoms with Gasteiger partial charge in [0, 0.05) is 22.6 Å². The Morgan fingerprint density at radius 2 is 0.891 bits per heavy atom. The van der Waals surface area contributed by atoms with Crippen LogP contribution in [0.15, 0.2) is 188 Å². The number of pyridine rings is 1. The summed E-state index contributed by atoms with van der Waals surface area (Å²) in [6.07, 6.45) is 1.93. The van der Waals surface area contributed by atoms with Gasteiger partial charge in [0.15, 0.2) is 0 Å². The van der Waals surface area contributed by atoms with Gasteiger partial charge >= 0.3 is 0 Å². The number of rotatable bonds is 4. The molecule has 0 radical (unpaired) electrons. The highest BCUT2D eigenvalue weighted by molar-refractivity contribution is 6.08. The molecule has 55 heavy (non-hydrogen) atoms. The number of hydrogen-bond donors (Lipinski definition) is 0. The highest BCUT2D eigenvalue weighted by Crippen LogP contribution is 2.51. The summed E-state index contributed by atoms with van der Waals surface area (Å²) in [4.78, 5) is 4.87. The van der Waals surface area contributed by atoms with Gasteiger partial charge in [-0.05, 0) is 130 Å². The fraction of sp³-hybridized carbons (Fsp3) is 0.0556. The molecule has 0 fully saturated rings. The fourth-order valence-corrected chi connectivity index (χ4v) is 9.17. The lowest BCUT2D eigenvalue weighted by atomic mass is 9.81.